The van der Waals surface area contributed by atoms with Crippen LogP contribution >= 0.6 is 0 Å². The number of ether oxygens (including phenoxy) is 1. The zero-order chi connectivity index (χ0) is 17.3. The van der Waals surface area contributed by atoms with Crippen molar-refractivity contribution in [2.24, 2.45) is 7.05 Å². The molecule has 24 heavy (non-hydrogen) atoms. The van der Waals surface area contributed by atoms with Gasteiger partial charge in [-0.2, -0.15) is 5.10 Å². The molecule has 1 aliphatic rings. The van der Waals surface area contributed by atoms with Crippen LogP contribution in [0.4, 0.5) is 0 Å². The quantitative estimate of drug-likeness (QED) is 0.870. The van der Waals surface area contributed by atoms with Crippen molar-refractivity contribution in [3.8, 4) is 0 Å². The molecule has 5 nitrogen and oxygen atoms in total. The van der Waals surface area contributed by atoms with Crippen molar-refractivity contribution in [1.82, 2.24) is 14.7 Å². The van der Waals surface area contributed by atoms with Crippen molar-refractivity contribution in [2.75, 3.05) is 19.8 Å². The smallest absolute Gasteiger partial charge is 0.227 e. The van der Waals surface area contributed by atoms with Gasteiger partial charge in [-0.25, -0.2) is 0 Å². The average molecular weight is 327 g/mol. The summed E-state index contributed by atoms with van der Waals surface area (Å²) in [5.41, 5.74) is 5.44. The number of amides is 1. The van der Waals surface area contributed by atoms with Gasteiger partial charge in [-0.15, -0.1) is 0 Å². The van der Waals surface area contributed by atoms with E-state index in [1.807, 2.05) is 42.6 Å². The Bertz CT molecular complexity index is 734. The van der Waals surface area contributed by atoms with E-state index in [9.17, 15) is 4.79 Å². The molecule has 1 saturated heterocycles. The number of benzene rings is 1. The molecule has 0 aliphatic carbocycles. The number of nitrogens with zero attached hydrogens (tertiary/aromatic N) is 3. The van der Waals surface area contributed by atoms with Crippen LogP contribution in [0.2, 0.25) is 0 Å². The Kier molecular flexibility index (Phi) is 4.71. The van der Waals surface area contributed by atoms with Crippen molar-refractivity contribution >= 4 is 5.91 Å². The number of hydrogen-bond donors (Lipinski definition) is 0. The highest BCUT2D eigenvalue weighted by molar-refractivity contribution is 5.79. The SMILES string of the molecule is Cc1ccc(CC(=O)N2CCOC[C@H]2c2c(C)nn(C)c2C)cc1. The van der Waals surface area contributed by atoms with E-state index in [4.69, 9.17) is 4.74 Å². The van der Waals surface area contributed by atoms with Gasteiger partial charge in [0.2, 0.25) is 5.91 Å². The summed E-state index contributed by atoms with van der Waals surface area (Å²) in [6, 6.07) is 8.11. The van der Waals surface area contributed by atoms with Crippen molar-refractivity contribution in [1.29, 1.82) is 0 Å². The van der Waals surface area contributed by atoms with E-state index in [1.54, 1.807) is 0 Å². The van der Waals surface area contributed by atoms with Crippen molar-refractivity contribution in [2.45, 2.75) is 33.2 Å². The molecule has 1 aromatic carbocycles. The molecule has 0 radical (unpaired) electrons. The zero-order valence-electron chi connectivity index (χ0n) is 14.9. The molecule has 3 rings (SSSR count). The summed E-state index contributed by atoms with van der Waals surface area (Å²) in [5, 5.41) is 4.50. The van der Waals surface area contributed by atoms with Crippen LogP contribution in [0.5, 0.6) is 0 Å². The van der Waals surface area contributed by atoms with Gasteiger partial charge in [0.25, 0.3) is 0 Å². The van der Waals surface area contributed by atoms with E-state index in [0.29, 0.717) is 26.2 Å². The summed E-state index contributed by atoms with van der Waals surface area (Å²) in [6.07, 6.45) is 0.426. The minimum Gasteiger partial charge on any atom is -0.377 e. The van der Waals surface area contributed by atoms with E-state index in [0.717, 1.165) is 22.5 Å². The van der Waals surface area contributed by atoms with Gasteiger partial charge in [0.15, 0.2) is 0 Å². The first-order chi connectivity index (χ1) is 11.5. The highest BCUT2D eigenvalue weighted by Crippen LogP contribution is 2.29. The molecule has 5 heteroatoms. The maximum absolute atomic E-state index is 12.9. The summed E-state index contributed by atoms with van der Waals surface area (Å²) < 4.78 is 7.55. The second-order valence-corrected chi connectivity index (χ2v) is 6.55. The van der Waals surface area contributed by atoms with Gasteiger partial charge < -0.3 is 9.64 Å². The van der Waals surface area contributed by atoms with Gasteiger partial charge >= 0.3 is 0 Å². The second-order valence-electron chi connectivity index (χ2n) is 6.55. The Labute approximate surface area is 143 Å². The first-order valence-corrected chi connectivity index (χ1v) is 8.40. The van der Waals surface area contributed by atoms with E-state index >= 15 is 0 Å². The Hall–Kier alpha value is -2.14. The van der Waals surface area contributed by atoms with Crippen LogP contribution in [0.15, 0.2) is 24.3 Å². The molecule has 2 aromatic rings. The topological polar surface area (TPSA) is 47.4 Å². The number of hydrogen-bond acceptors (Lipinski definition) is 3. The van der Waals surface area contributed by atoms with Crippen LogP contribution in [0, 0.1) is 20.8 Å². The Morgan fingerprint density at radius 1 is 1.25 bits per heavy atom. The van der Waals surface area contributed by atoms with Gasteiger partial charge in [-0.05, 0) is 26.3 Å². The lowest BCUT2D eigenvalue weighted by Gasteiger charge is -2.36. The lowest BCUT2D eigenvalue weighted by molar-refractivity contribution is -0.139. The lowest BCUT2D eigenvalue weighted by atomic mass is 10.0. The van der Waals surface area contributed by atoms with Gasteiger partial charge in [0.1, 0.15) is 0 Å². The van der Waals surface area contributed by atoms with Crippen LogP contribution < -0.4 is 0 Å². The normalized spacial score (nSPS) is 18.0. The lowest BCUT2D eigenvalue weighted by Crippen LogP contribution is -2.44. The van der Waals surface area contributed by atoms with Crippen LogP contribution in [0.1, 0.15) is 34.1 Å². The minimum atomic E-state index is -0.0506. The molecule has 0 N–H and O–H groups in total. The largest absolute Gasteiger partial charge is 0.377 e. The van der Waals surface area contributed by atoms with Crippen molar-refractivity contribution < 1.29 is 9.53 Å². The van der Waals surface area contributed by atoms with Crippen LogP contribution in [0.3, 0.4) is 0 Å². The number of aryl methyl sites for hydroxylation is 3. The summed E-state index contributed by atoms with van der Waals surface area (Å²) in [4.78, 5) is 14.9. The number of morpholine rings is 1. The molecular formula is C19H25N3O2. The van der Waals surface area contributed by atoms with Crippen LogP contribution in [-0.4, -0.2) is 40.3 Å². The Morgan fingerprint density at radius 2 is 1.96 bits per heavy atom. The molecular weight excluding hydrogens is 302 g/mol. The van der Waals surface area contributed by atoms with E-state index in [1.165, 1.54) is 5.56 Å². The van der Waals surface area contributed by atoms with E-state index in [-0.39, 0.29) is 11.9 Å². The van der Waals surface area contributed by atoms with Crippen molar-refractivity contribution in [3.05, 3.63) is 52.3 Å². The Balaban J connectivity index is 1.84. The van der Waals surface area contributed by atoms with Crippen LogP contribution in [-0.2, 0) is 23.0 Å². The number of carbonyl (C=O) groups excluding carboxylic acids is 1. The molecule has 1 fully saturated rings. The molecule has 1 aliphatic heterocycles. The molecule has 128 valence electrons. The predicted molar refractivity (Wildman–Crippen MR) is 92.8 cm³/mol. The summed E-state index contributed by atoms with van der Waals surface area (Å²) in [7, 11) is 1.94. The third-order valence-corrected chi connectivity index (χ3v) is 4.82. The summed E-state index contributed by atoms with van der Waals surface area (Å²) in [5.74, 6) is 0.148. The molecule has 1 atom stereocenters. The molecule has 0 bridgehead atoms. The fourth-order valence-electron chi connectivity index (χ4n) is 3.40. The zero-order valence-corrected chi connectivity index (χ0v) is 14.9. The average Bonchev–Trinajstić information content (AvgIpc) is 2.82. The fraction of sp³-hybridized carbons (Fsp3) is 0.474. The predicted octanol–water partition coefficient (Wildman–Crippen LogP) is 2.49. The molecule has 0 unspecified atom stereocenters. The van der Waals surface area contributed by atoms with Gasteiger partial charge in [0, 0.05) is 24.8 Å². The maximum atomic E-state index is 12.9. The highest BCUT2D eigenvalue weighted by Gasteiger charge is 2.32. The van der Waals surface area contributed by atoms with Crippen molar-refractivity contribution in [3.63, 3.8) is 0 Å². The molecule has 0 spiro atoms. The molecule has 1 amide bonds. The minimum absolute atomic E-state index is 0.0506. The monoisotopic (exact) mass is 327 g/mol. The van der Waals surface area contributed by atoms with Gasteiger partial charge in [-0.3, -0.25) is 9.48 Å². The maximum Gasteiger partial charge on any atom is 0.227 e. The van der Waals surface area contributed by atoms with E-state index in [2.05, 4.69) is 24.2 Å². The number of rotatable bonds is 3. The fourth-order valence-corrected chi connectivity index (χ4v) is 3.40. The summed E-state index contributed by atoms with van der Waals surface area (Å²) in [6.45, 7) is 7.86. The van der Waals surface area contributed by atoms with Crippen LogP contribution in [0.25, 0.3) is 0 Å². The number of carbonyl (C=O) groups is 1. The summed E-state index contributed by atoms with van der Waals surface area (Å²) >= 11 is 0. The van der Waals surface area contributed by atoms with E-state index < -0.39 is 0 Å². The standard InChI is InChI=1S/C19H25N3O2/c1-13-5-7-16(8-6-13)11-18(23)22-9-10-24-12-17(22)19-14(2)20-21(4)15(19)3/h5-8,17H,9-12H2,1-4H3/t17-/m0/s1. The van der Waals surface area contributed by atoms with Gasteiger partial charge in [-0.1, -0.05) is 29.8 Å². The third kappa shape index (κ3) is 3.22. The first-order valence-electron chi connectivity index (χ1n) is 8.40. The molecule has 1 aromatic heterocycles. The highest BCUT2D eigenvalue weighted by atomic mass is 16.5. The first kappa shape index (κ1) is 16.7. The number of aromatic nitrogens is 2. The van der Waals surface area contributed by atoms with Gasteiger partial charge in [0.05, 0.1) is 31.4 Å². The second kappa shape index (κ2) is 6.77. The molecule has 0 saturated carbocycles. The third-order valence-electron chi connectivity index (χ3n) is 4.82. The molecule has 2 heterocycles. The Morgan fingerprint density at radius 3 is 2.58 bits per heavy atom.